The Morgan fingerprint density at radius 2 is 1.41 bits per heavy atom. The van der Waals surface area contributed by atoms with Crippen LogP contribution in [0.3, 0.4) is 0 Å². The minimum Gasteiger partial charge on any atom is -0.465 e. The second-order valence-corrected chi connectivity index (χ2v) is 4.72. The average Bonchev–Trinajstić information content (AvgIpc) is 2.53. The van der Waals surface area contributed by atoms with Gasteiger partial charge in [0.1, 0.15) is 6.61 Å². The molecule has 6 heteroatoms. The zero-order valence-corrected chi connectivity index (χ0v) is 13.0. The van der Waals surface area contributed by atoms with Gasteiger partial charge >= 0.3 is 17.9 Å². The minimum atomic E-state index is -1.68. The standard InChI is InChI=1S/C16H20O6/c1-4-20-14(18)16(3,15(19)21-5-2)11-22-13(17)12-9-7-6-8-10-12/h6-10H,4-5,11H2,1-3H3. The third-order valence-corrected chi connectivity index (χ3v) is 2.95. The largest absolute Gasteiger partial charge is 0.465 e. The number of rotatable bonds is 7. The van der Waals surface area contributed by atoms with Crippen LogP contribution in [-0.4, -0.2) is 37.7 Å². The fourth-order valence-corrected chi connectivity index (χ4v) is 1.65. The van der Waals surface area contributed by atoms with E-state index in [0.717, 1.165) is 0 Å². The molecule has 0 bridgehead atoms. The Kier molecular flexibility index (Phi) is 6.56. The fourth-order valence-electron chi connectivity index (χ4n) is 1.65. The van der Waals surface area contributed by atoms with Crippen molar-refractivity contribution in [1.29, 1.82) is 0 Å². The van der Waals surface area contributed by atoms with Crippen LogP contribution < -0.4 is 0 Å². The van der Waals surface area contributed by atoms with E-state index in [1.807, 2.05) is 0 Å². The molecule has 0 atom stereocenters. The lowest BCUT2D eigenvalue weighted by molar-refractivity contribution is -0.173. The molecule has 0 aliphatic carbocycles. The Labute approximate surface area is 129 Å². The molecule has 0 unspecified atom stereocenters. The van der Waals surface area contributed by atoms with Crippen LogP contribution in [0.25, 0.3) is 0 Å². The van der Waals surface area contributed by atoms with Crippen LogP contribution in [0.4, 0.5) is 0 Å². The van der Waals surface area contributed by atoms with Gasteiger partial charge in [0.05, 0.1) is 18.8 Å². The predicted octanol–water partition coefficient (Wildman–Crippen LogP) is 1.98. The van der Waals surface area contributed by atoms with E-state index >= 15 is 0 Å². The van der Waals surface area contributed by atoms with Crippen LogP contribution in [0.2, 0.25) is 0 Å². The Morgan fingerprint density at radius 3 is 1.86 bits per heavy atom. The number of hydrogen-bond donors (Lipinski definition) is 0. The van der Waals surface area contributed by atoms with Crippen molar-refractivity contribution in [2.45, 2.75) is 20.8 Å². The first-order valence-corrected chi connectivity index (χ1v) is 7.02. The van der Waals surface area contributed by atoms with Gasteiger partial charge in [0.2, 0.25) is 0 Å². The molecule has 120 valence electrons. The van der Waals surface area contributed by atoms with Gasteiger partial charge in [-0.05, 0) is 32.9 Å². The molecule has 22 heavy (non-hydrogen) atoms. The molecule has 1 rings (SSSR count). The highest BCUT2D eigenvalue weighted by Gasteiger charge is 2.46. The lowest BCUT2D eigenvalue weighted by atomic mass is 9.92. The van der Waals surface area contributed by atoms with Gasteiger partial charge in [-0.1, -0.05) is 18.2 Å². The summed E-state index contributed by atoms with van der Waals surface area (Å²) in [7, 11) is 0. The molecule has 0 amide bonds. The lowest BCUT2D eigenvalue weighted by Gasteiger charge is -2.24. The summed E-state index contributed by atoms with van der Waals surface area (Å²) < 4.78 is 14.9. The second kappa shape index (κ2) is 8.17. The normalized spacial score (nSPS) is 10.7. The van der Waals surface area contributed by atoms with E-state index < -0.39 is 29.9 Å². The van der Waals surface area contributed by atoms with Crippen LogP contribution in [0, 0.1) is 5.41 Å². The summed E-state index contributed by atoms with van der Waals surface area (Å²) in [5.41, 5.74) is -1.35. The van der Waals surface area contributed by atoms with E-state index in [4.69, 9.17) is 14.2 Å². The molecule has 0 radical (unpaired) electrons. The molecule has 0 fully saturated rings. The average molecular weight is 308 g/mol. The van der Waals surface area contributed by atoms with Gasteiger partial charge in [-0.15, -0.1) is 0 Å². The zero-order chi connectivity index (χ0) is 16.6. The number of hydrogen-bond acceptors (Lipinski definition) is 6. The van der Waals surface area contributed by atoms with Gasteiger partial charge < -0.3 is 14.2 Å². The minimum absolute atomic E-state index is 0.112. The van der Waals surface area contributed by atoms with E-state index in [1.165, 1.54) is 6.92 Å². The fraction of sp³-hybridized carbons (Fsp3) is 0.438. The maximum atomic E-state index is 12.0. The molecule has 0 saturated heterocycles. The van der Waals surface area contributed by atoms with Crippen LogP contribution in [0.1, 0.15) is 31.1 Å². The summed E-state index contributed by atoms with van der Waals surface area (Å²) in [6, 6.07) is 8.29. The maximum Gasteiger partial charge on any atom is 0.338 e. The molecule has 6 nitrogen and oxygen atoms in total. The van der Waals surface area contributed by atoms with E-state index in [9.17, 15) is 14.4 Å². The van der Waals surface area contributed by atoms with Crippen molar-refractivity contribution in [3.63, 3.8) is 0 Å². The summed E-state index contributed by atoms with van der Waals surface area (Å²) in [6.45, 7) is 4.36. The molecule has 0 spiro atoms. The van der Waals surface area contributed by atoms with Crippen molar-refractivity contribution < 1.29 is 28.6 Å². The highest BCUT2D eigenvalue weighted by molar-refractivity contribution is 6.00. The molecule has 1 aromatic rings. The monoisotopic (exact) mass is 308 g/mol. The van der Waals surface area contributed by atoms with Crippen molar-refractivity contribution in [3.8, 4) is 0 Å². The van der Waals surface area contributed by atoms with Crippen LogP contribution >= 0.6 is 0 Å². The molecular formula is C16H20O6. The summed E-state index contributed by atoms with van der Waals surface area (Å²) in [6.07, 6.45) is 0. The van der Waals surface area contributed by atoms with Crippen molar-refractivity contribution >= 4 is 17.9 Å². The predicted molar refractivity (Wildman–Crippen MR) is 78.1 cm³/mol. The van der Waals surface area contributed by atoms with Gasteiger partial charge in [0.25, 0.3) is 0 Å². The highest BCUT2D eigenvalue weighted by Crippen LogP contribution is 2.22. The quantitative estimate of drug-likeness (QED) is 0.435. The number of ether oxygens (including phenoxy) is 3. The smallest absolute Gasteiger partial charge is 0.338 e. The van der Waals surface area contributed by atoms with Crippen LogP contribution in [0.15, 0.2) is 30.3 Å². The van der Waals surface area contributed by atoms with Crippen LogP contribution in [-0.2, 0) is 23.8 Å². The first-order valence-electron chi connectivity index (χ1n) is 7.02. The summed E-state index contributed by atoms with van der Waals surface area (Å²) in [4.78, 5) is 36.0. The Morgan fingerprint density at radius 1 is 0.909 bits per heavy atom. The Bertz CT molecular complexity index is 505. The van der Waals surface area contributed by atoms with Gasteiger partial charge in [-0.2, -0.15) is 0 Å². The second-order valence-electron chi connectivity index (χ2n) is 4.72. The van der Waals surface area contributed by atoms with Gasteiger partial charge in [-0.25, -0.2) is 4.79 Å². The molecule has 0 aromatic heterocycles. The van der Waals surface area contributed by atoms with E-state index in [-0.39, 0.29) is 13.2 Å². The topological polar surface area (TPSA) is 78.9 Å². The Balaban J connectivity index is 2.83. The molecule has 0 N–H and O–H groups in total. The van der Waals surface area contributed by atoms with Gasteiger partial charge in [0.15, 0.2) is 5.41 Å². The van der Waals surface area contributed by atoms with Gasteiger partial charge in [0, 0.05) is 0 Å². The first kappa shape index (κ1) is 17.7. The summed E-state index contributed by atoms with van der Waals surface area (Å²) in [5, 5.41) is 0. The van der Waals surface area contributed by atoms with E-state index in [0.29, 0.717) is 5.56 Å². The third-order valence-electron chi connectivity index (χ3n) is 2.95. The number of carbonyl (C=O) groups is 3. The molecule has 0 saturated carbocycles. The number of benzene rings is 1. The van der Waals surface area contributed by atoms with Crippen molar-refractivity contribution in [3.05, 3.63) is 35.9 Å². The SMILES string of the molecule is CCOC(=O)C(C)(COC(=O)c1ccccc1)C(=O)OCC. The number of esters is 3. The molecule has 0 aliphatic heterocycles. The van der Waals surface area contributed by atoms with Crippen LogP contribution in [0.5, 0.6) is 0 Å². The number of carbonyl (C=O) groups excluding carboxylic acids is 3. The first-order chi connectivity index (χ1) is 10.5. The third kappa shape index (κ3) is 4.31. The molecule has 0 aliphatic rings. The molecule has 0 heterocycles. The maximum absolute atomic E-state index is 12.0. The zero-order valence-electron chi connectivity index (χ0n) is 13.0. The Hall–Kier alpha value is -2.37. The van der Waals surface area contributed by atoms with Gasteiger partial charge in [-0.3, -0.25) is 9.59 Å². The van der Waals surface area contributed by atoms with E-state index in [1.54, 1.807) is 44.2 Å². The van der Waals surface area contributed by atoms with Crippen molar-refractivity contribution in [1.82, 2.24) is 0 Å². The highest BCUT2D eigenvalue weighted by atomic mass is 16.6. The molecular weight excluding hydrogens is 288 g/mol. The van der Waals surface area contributed by atoms with Crippen molar-refractivity contribution in [2.75, 3.05) is 19.8 Å². The summed E-state index contributed by atoms with van der Waals surface area (Å²) >= 11 is 0. The lowest BCUT2D eigenvalue weighted by Crippen LogP contribution is -2.43. The van der Waals surface area contributed by atoms with Crippen molar-refractivity contribution in [2.24, 2.45) is 5.41 Å². The van der Waals surface area contributed by atoms with E-state index in [2.05, 4.69) is 0 Å². The molecule has 1 aromatic carbocycles. The summed E-state index contributed by atoms with van der Waals surface area (Å²) in [5.74, 6) is -2.19.